The van der Waals surface area contributed by atoms with Crippen molar-refractivity contribution in [2.75, 3.05) is 0 Å². The van der Waals surface area contributed by atoms with E-state index in [-0.39, 0.29) is 11.5 Å². The van der Waals surface area contributed by atoms with Crippen LogP contribution < -0.4 is 5.56 Å². The molecule has 1 N–H and O–H groups in total. The predicted octanol–water partition coefficient (Wildman–Crippen LogP) is 1.15. The minimum absolute atomic E-state index is 0.0799. The second-order valence-corrected chi connectivity index (χ2v) is 3.33. The maximum Gasteiger partial charge on any atom is 0.275 e. The lowest BCUT2D eigenvalue weighted by molar-refractivity contribution is 0.712. The summed E-state index contributed by atoms with van der Waals surface area (Å²) in [6.45, 7) is 3.99. The molecule has 0 saturated heterocycles. The van der Waals surface area contributed by atoms with Crippen molar-refractivity contribution in [2.24, 2.45) is 0 Å². The van der Waals surface area contributed by atoms with Gasteiger partial charge in [0.15, 0.2) is 0 Å². The first-order valence-electron chi connectivity index (χ1n) is 4.26. The SMILES string of the molecule is CC(C)c1nn2cccc2c(=O)[nH]1. The first-order valence-corrected chi connectivity index (χ1v) is 4.26. The Hall–Kier alpha value is -1.58. The molecule has 2 heterocycles. The maximum atomic E-state index is 11.4. The van der Waals surface area contributed by atoms with Crippen molar-refractivity contribution in [2.45, 2.75) is 19.8 Å². The highest BCUT2D eigenvalue weighted by atomic mass is 16.1. The van der Waals surface area contributed by atoms with Crippen molar-refractivity contribution < 1.29 is 0 Å². The zero-order valence-corrected chi connectivity index (χ0v) is 7.61. The van der Waals surface area contributed by atoms with E-state index < -0.39 is 0 Å². The van der Waals surface area contributed by atoms with E-state index >= 15 is 0 Å². The smallest absolute Gasteiger partial charge is 0.275 e. The van der Waals surface area contributed by atoms with Gasteiger partial charge >= 0.3 is 0 Å². The number of nitrogens with one attached hydrogen (secondary N) is 1. The van der Waals surface area contributed by atoms with E-state index in [1.807, 2.05) is 19.9 Å². The predicted molar refractivity (Wildman–Crippen MR) is 49.9 cm³/mol. The Morgan fingerprint density at radius 1 is 1.54 bits per heavy atom. The molecule has 0 unspecified atom stereocenters. The largest absolute Gasteiger partial charge is 0.307 e. The highest BCUT2D eigenvalue weighted by Crippen LogP contribution is 2.06. The van der Waals surface area contributed by atoms with Crippen molar-refractivity contribution in [3.05, 3.63) is 34.5 Å². The molecule has 68 valence electrons. The third kappa shape index (κ3) is 1.24. The third-order valence-corrected chi connectivity index (χ3v) is 1.96. The molecule has 0 amide bonds. The van der Waals surface area contributed by atoms with Gasteiger partial charge in [0.1, 0.15) is 11.3 Å². The van der Waals surface area contributed by atoms with Gasteiger partial charge in [-0.2, -0.15) is 5.10 Å². The molecule has 0 bridgehead atoms. The van der Waals surface area contributed by atoms with Crippen molar-refractivity contribution in [3.8, 4) is 0 Å². The Labute approximate surface area is 75.2 Å². The van der Waals surface area contributed by atoms with E-state index in [0.717, 1.165) is 0 Å². The van der Waals surface area contributed by atoms with Crippen molar-refractivity contribution in [1.82, 2.24) is 14.6 Å². The molecule has 13 heavy (non-hydrogen) atoms. The lowest BCUT2D eigenvalue weighted by atomic mass is 10.2. The summed E-state index contributed by atoms with van der Waals surface area (Å²) in [6, 6.07) is 3.55. The zero-order valence-electron chi connectivity index (χ0n) is 7.61. The average molecular weight is 177 g/mol. The molecule has 0 fully saturated rings. The number of nitrogens with zero attached hydrogens (tertiary/aromatic N) is 2. The fraction of sp³-hybridized carbons (Fsp3) is 0.333. The molecule has 0 radical (unpaired) electrons. The lowest BCUT2D eigenvalue weighted by Crippen LogP contribution is -2.16. The number of aromatic nitrogens is 3. The van der Waals surface area contributed by atoms with Crippen LogP contribution >= 0.6 is 0 Å². The summed E-state index contributed by atoms with van der Waals surface area (Å²) >= 11 is 0. The first kappa shape index (κ1) is 8.04. The average Bonchev–Trinajstić information content (AvgIpc) is 2.51. The summed E-state index contributed by atoms with van der Waals surface area (Å²) in [6.07, 6.45) is 1.77. The van der Waals surface area contributed by atoms with Crippen LogP contribution in [-0.4, -0.2) is 14.6 Å². The van der Waals surface area contributed by atoms with Crippen molar-refractivity contribution in [1.29, 1.82) is 0 Å². The van der Waals surface area contributed by atoms with E-state index in [1.54, 1.807) is 16.8 Å². The molecular formula is C9H11N3O. The molecule has 0 aliphatic rings. The number of H-pyrrole nitrogens is 1. The molecule has 0 aliphatic carbocycles. The van der Waals surface area contributed by atoms with Gasteiger partial charge in [-0.25, -0.2) is 4.52 Å². The van der Waals surface area contributed by atoms with Gasteiger partial charge in [0.05, 0.1) is 0 Å². The van der Waals surface area contributed by atoms with Crippen LogP contribution in [0.15, 0.2) is 23.1 Å². The van der Waals surface area contributed by atoms with Gasteiger partial charge in [-0.05, 0) is 12.1 Å². The Morgan fingerprint density at radius 2 is 2.31 bits per heavy atom. The highest BCUT2D eigenvalue weighted by molar-refractivity contribution is 5.43. The highest BCUT2D eigenvalue weighted by Gasteiger charge is 2.05. The number of fused-ring (bicyclic) bond motifs is 1. The number of hydrogen-bond donors (Lipinski definition) is 1. The van der Waals surface area contributed by atoms with Crippen molar-refractivity contribution in [3.63, 3.8) is 0 Å². The number of hydrogen-bond acceptors (Lipinski definition) is 2. The standard InChI is InChI=1S/C9H11N3O/c1-6(2)8-10-9(13)7-4-3-5-12(7)11-8/h3-6H,1-2H3,(H,10,11,13). The van der Waals surface area contributed by atoms with Gasteiger partial charge < -0.3 is 4.98 Å². The van der Waals surface area contributed by atoms with Crippen LogP contribution in [0.2, 0.25) is 0 Å². The third-order valence-electron chi connectivity index (χ3n) is 1.96. The maximum absolute atomic E-state index is 11.4. The molecule has 2 aromatic heterocycles. The van der Waals surface area contributed by atoms with Crippen LogP contribution in [-0.2, 0) is 0 Å². The molecule has 2 rings (SSSR count). The van der Waals surface area contributed by atoms with Crippen LogP contribution in [0.3, 0.4) is 0 Å². The second kappa shape index (κ2) is 2.73. The second-order valence-electron chi connectivity index (χ2n) is 3.33. The summed E-state index contributed by atoms with van der Waals surface area (Å²) < 4.78 is 1.61. The molecular weight excluding hydrogens is 166 g/mol. The molecule has 0 aliphatic heterocycles. The van der Waals surface area contributed by atoms with E-state index in [9.17, 15) is 4.79 Å². The minimum atomic E-state index is -0.0799. The zero-order chi connectivity index (χ0) is 9.42. The van der Waals surface area contributed by atoms with Gasteiger partial charge in [-0.3, -0.25) is 4.79 Å². The fourth-order valence-electron chi connectivity index (χ4n) is 1.22. The topological polar surface area (TPSA) is 50.2 Å². The van der Waals surface area contributed by atoms with Gasteiger partial charge in [0, 0.05) is 12.1 Å². The Morgan fingerprint density at radius 3 is 3.00 bits per heavy atom. The molecule has 0 atom stereocenters. The Bertz CT molecular complexity index is 481. The molecule has 0 spiro atoms. The van der Waals surface area contributed by atoms with Crippen LogP contribution in [0.4, 0.5) is 0 Å². The van der Waals surface area contributed by atoms with E-state index in [1.165, 1.54) is 0 Å². The number of rotatable bonds is 1. The quantitative estimate of drug-likeness (QED) is 0.710. The van der Waals surface area contributed by atoms with Gasteiger partial charge in [-0.15, -0.1) is 0 Å². The van der Waals surface area contributed by atoms with E-state index in [4.69, 9.17) is 0 Å². The van der Waals surface area contributed by atoms with E-state index in [2.05, 4.69) is 10.1 Å². The molecule has 2 aromatic rings. The van der Waals surface area contributed by atoms with E-state index in [0.29, 0.717) is 11.3 Å². The summed E-state index contributed by atoms with van der Waals surface area (Å²) in [5, 5.41) is 4.26. The minimum Gasteiger partial charge on any atom is -0.307 e. The fourth-order valence-corrected chi connectivity index (χ4v) is 1.22. The summed E-state index contributed by atoms with van der Waals surface area (Å²) in [5.74, 6) is 0.952. The Kier molecular flexibility index (Phi) is 1.69. The summed E-state index contributed by atoms with van der Waals surface area (Å²) in [7, 11) is 0. The summed E-state index contributed by atoms with van der Waals surface area (Å²) in [5.41, 5.74) is 0.508. The summed E-state index contributed by atoms with van der Waals surface area (Å²) in [4.78, 5) is 14.2. The first-order chi connectivity index (χ1) is 6.18. The lowest BCUT2D eigenvalue weighted by Gasteiger charge is -2.03. The van der Waals surface area contributed by atoms with Crippen LogP contribution in [0.1, 0.15) is 25.6 Å². The molecule has 4 heteroatoms. The van der Waals surface area contributed by atoms with Crippen molar-refractivity contribution >= 4 is 5.52 Å². The Balaban J connectivity index is 2.77. The van der Waals surface area contributed by atoms with Crippen LogP contribution in [0.5, 0.6) is 0 Å². The monoisotopic (exact) mass is 177 g/mol. The normalized spacial score (nSPS) is 11.3. The molecule has 0 aromatic carbocycles. The van der Waals surface area contributed by atoms with Gasteiger partial charge in [0.25, 0.3) is 5.56 Å². The van der Waals surface area contributed by atoms with Gasteiger partial charge in [-0.1, -0.05) is 13.8 Å². The molecule has 4 nitrogen and oxygen atoms in total. The number of aromatic amines is 1. The van der Waals surface area contributed by atoms with Crippen LogP contribution in [0, 0.1) is 0 Å². The molecule has 0 saturated carbocycles. The van der Waals surface area contributed by atoms with Gasteiger partial charge in [0.2, 0.25) is 0 Å². The van der Waals surface area contributed by atoms with Crippen LogP contribution in [0.25, 0.3) is 5.52 Å².